The molecular weight excluding hydrogens is 841 g/mol. The molecule has 0 N–H and O–H groups in total. The number of hydrogen-bond donors (Lipinski definition) is 0. The van der Waals surface area contributed by atoms with Crippen LogP contribution in [0.4, 0.5) is 0 Å². The molecule has 14 rings (SSSR count). The van der Waals surface area contributed by atoms with Crippen LogP contribution in [0.1, 0.15) is 0 Å². The van der Waals surface area contributed by atoms with Gasteiger partial charge in [-0.1, -0.05) is 188 Å². The van der Waals surface area contributed by atoms with Gasteiger partial charge in [-0.3, -0.25) is 4.57 Å². The molecule has 6 heteroatoms. The zero-order valence-electron chi connectivity index (χ0n) is 37.3. The second kappa shape index (κ2) is 15.6. The second-order valence-corrected chi connectivity index (χ2v) is 17.6. The number of aromatic nitrogens is 6. The largest absolute Gasteiger partial charge is 0.309 e. The Bertz CT molecular complexity index is 4300. The Morgan fingerprint density at radius 2 is 0.725 bits per heavy atom. The zero-order chi connectivity index (χ0) is 45.4. The second-order valence-electron chi connectivity index (χ2n) is 17.6. The molecule has 0 aliphatic carbocycles. The Balaban J connectivity index is 1.07. The third kappa shape index (κ3) is 6.09. The predicted octanol–water partition coefficient (Wildman–Crippen LogP) is 15.8. The first-order chi connectivity index (χ1) is 34.3. The molecule has 10 aromatic carbocycles. The van der Waals surface area contributed by atoms with Crippen molar-refractivity contribution in [2.45, 2.75) is 0 Å². The minimum atomic E-state index is 0.545. The lowest BCUT2D eigenvalue weighted by molar-refractivity contribution is 0.953. The molecule has 14 aromatic rings. The Labute approximate surface area is 397 Å². The Hall–Kier alpha value is -9.39. The summed E-state index contributed by atoms with van der Waals surface area (Å²) in [7, 11) is 0. The SMILES string of the molecule is c1ccc(-c2nc(-c3ccc4c(c3)c3ccccc3n4-c3ccccc3)nc(-n3c4ccccc4c4ccc5c6ccccc6n(-c6ccccc6-c6ccccc6-c6ccccc6)c5c43)n2)cc1. The molecule has 0 saturated carbocycles. The lowest BCUT2D eigenvalue weighted by atomic mass is 9.93. The van der Waals surface area contributed by atoms with Gasteiger partial charge in [-0.25, -0.2) is 4.98 Å². The Morgan fingerprint density at radius 1 is 0.261 bits per heavy atom. The van der Waals surface area contributed by atoms with Crippen LogP contribution in [-0.2, 0) is 0 Å². The van der Waals surface area contributed by atoms with Crippen molar-refractivity contribution in [1.29, 1.82) is 0 Å². The van der Waals surface area contributed by atoms with Crippen LogP contribution in [0.25, 0.3) is 128 Å². The van der Waals surface area contributed by atoms with E-state index >= 15 is 0 Å². The van der Waals surface area contributed by atoms with E-state index in [-0.39, 0.29) is 0 Å². The van der Waals surface area contributed by atoms with Gasteiger partial charge in [-0.15, -0.1) is 0 Å². The Kier molecular flexibility index (Phi) is 8.79. The fourth-order valence-corrected chi connectivity index (χ4v) is 10.7. The molecule has 4 heterocycles. The van der Waals surface area contributed by atoms with Gasteiger partial charge in [-0.2, -0.15) is 9.97 Å². The highest BCUT2D eigenvalue weighted by atomic mass is 15.2. The van der Waals surface area contributed by atoms with Crippen molar-refractivity contribution in [1.82, 2.24) is 28.7 Å². The molecule has 0 aliphatic rings. The molecule has 0 amide bonds. The normalized spacial score (nSPS) is 11.8. The van der Waals surface area contributed by atoms with Gasteiger partial charge in [-0.05, 0) is 71.3 Å². The summed E-state index contributed by atoms with van der Waals surface area (Å²) in [4.78, 5) is 16.2. The lowest BCUT2D eigenvalue weighted by Crippen LogP contribution is -2.07. The molecule has 0 saturated heterocycles. The highest BCUT2D eigenvalue weighted by molar-refractivity contribution is 6.24. The summed E-state index contributed by atoms with van der Waals surface area (Å²) in [6.07, 6.45) is 0. The van der Waals surface area contributed by atoms with Crippen LogP contribution < -0.4 is 0 Å². The predicted molar refractivity (Wildman–Crippen MR) is 285 cm³/mol. The van der Waals surface area contributed by atoms with Crippen molar-refractivity contribution in [3.8, 4) is 62.4 Å². The number of rotatable bonds is 7. The van der Waals surface area contributed by atoms with Gasteiger partial charge < -0.3 is 9.13 Å². The molecule has 0 radical (unpaired) electrons. The van der Waals surface area contributed by atoms with E-state index in [1.165, 1.54) is 21.9 Å². The fraction of sp³-hybridized carbons (Fsp3) is 0. The van der Waals surface area contributed by atoms with E-state index in [2.05, 4.69) is 238 Å². The van der Waals surface area contributed by atoms with Crippen LogP contribution in [0.5, 0.6) is 0 Å². The maximum absolute atomic E-state index is 5.52. The summed E-state index contributed by atoms with van der Waals surface area (Å²) in [6.45, 7) is 0. The van der Waals surface area contributed by atoms with Crippen LogP contribution in [0.2, 0.25) is 0 Å². The number of hydrogen-bond acceptors (Lipinski definition) is 3. The molecule has 0 spiro atoms. The number of fused-ring (bicyclic) bond motifs is 10. The minimum Gasteiger partial charge on any atom is -0.309 e. The summed E-state index contributed by atoms with van der Waals surface area (Å²) in [5, 5.41) is 6.84. The van der Waals surface area contributed by atoms with E-state index in [0.717, 1.165) is 88.3 Å². The maximum Gasteiger partial charge on any atom is 0.238 e. The van der Waals surface area contributed by atoms with Crippen LogP contribution in [0.15, 0.2) is 243 Å². The first-order valence-electron chi connectivity index (χ1n) is 23.4. The summed E-state index contributed by atoms with van der Waals surface area (Å²) < 4.78 is 7.08. The van der Waals surface area contributed by atoms with Crippen LogP contribution in [-0.4, -0.2) is 28.7 Å². The van der Waals surface area contributed by atoms with Crippen LogP contribution in [0.3, 0.4) is 0 Å². The average molecular weight is 881 g/mol. The third-order valence-electron chi connectivity index (χ3n) is 13.7. The molecule has 0 aliphatic heterocycles. The van der Waals surface area contributed by atoms with Crippen molar-refractivity contribution in [3.63, 3.8) is 0 Å². The molecule has 0 unspecified atom stereocenters. The molecule has 322 valence electrons. The molecule has 0 fully saturated rings. The molecule has 4 aromatic heterocycles. The first kappa shape index (κ1) is 38.8. The highest BCUT2D eigenvalue weighted by Gasteiger charge is 2.25. The van der Waals surface area contributed by atoms with Crippen LogP contribution in [0, 0.1) is 0 Å². The van der Waals surface area contributed by atoms with E-state index < -0.39 is 0 Å². The van der Waals surface area contributed by atoms with Crippen molar-refractivity contribution >= 4 is 65.4 Å². The van der Waals surface area contributed by atoms with E-state index in [1.54, 1.807) is 0 Å². The van der Waals surface area contributed by atoms with Crippen LogP contribution >= 0.6 is 0 Å². The van der Waals surface area contributed by atoms with Crippen molar-refractivity contribution < 1.29 is 0 Å². The molecule has 69 heavy (non-hydrogen) atoms. The van der Waals surface area contributed by atoms with E-state index in [1.807, 2.05) is 18.2 Å². The van der Waals surface area contributed by atoms with Gasteiger partial charge >= 0.3 is 0 Å². The summed E-state index contributed by atoms with van der Waals surface area (Å²) in [6, 6.07) is 86.3. The lowest BCUT2D eigenvalue weighted by Gasteiger charge is -2.18. The monoisotopic (exact) mass is 880 g/mol. The zero-order valence-corrected chi connectivity index (χ0v) is 37.3. The summed E-state index contributed by atoms with van der Waals surface area (Å²) in [5.74, 6) is 1.74. The average Bonchev–Trinajstić information content (AvgIpc) is 4.07. The standard InChI is InChI=1S/C63H40N6/c1-4-20-41(21-5-1)45-26-10-11-27-46(45)47-28-12-17-33-55(47)68-56-34-18-13-29-48(56)51-37-38-52-49-30-14-19-35-57(49)69(60(52)59(51)68)63-65-61(42-22-6-2-7-23-42)64-62(66-63)43-36-39-58-53(40-43)50-31-15-16-32-54(50)67(58)44-24-8-3-9-25-44/h1-40H. The first-order valence-corrected chi connectivity index (χ1v) is 23.4. The molecular formula is C63H40N6. The van der Waals surface area contributed by atoms with Gasteiger partial charge in [0, 0.05) is 54.7 Å². The maximum atomic E-state index is 5.52. The smallest absolute Gasteiger partial charge is 0.238 e. The molecule has 0 bridgehead atoms. The Morgan fingerprint density at radius 3 is 1.39 bits per heavy atom. The number of nitrogens with zero attached hydrogens (tertiary/aromatic N) is 6. The molecule has 6 nitrogen and oxygen atoms in total. The van der Waals surface area contributed by atoms with Gasteiger partial charge in [0.15, 0.2) is 11.6 Å². The van der Waals surface area contributed by atoms with Gasteiger partial charge in [0.05, 0.1) is 38.8 Å². The van der Waals surface area contributed by atoms with Crippen molar-refractivity contribution in [2.75, 3.05) is 0 Å². The van der Waals surface area contributed by atoms with Gasteiger partial charge in [0.2, 0.25) is 5.95 Å². The number of para-hydroxylation sites is 5. The highest BCUT2D eigenvalue weighted by Crippen LogP contribution is 2.44. The van der Waals surface area contributed by atoms with Crippen molar-refractivity contribution in [2.24, 2.45) is 0 Å². The minimum absolute atomic E-state index is 0.545. The number of benzene rings is 10. The molecule has 0 atom stereocenters. The van der Waals surface area contributed by atoms with Gasteiger partial charge in [0.1, 0.15) is 0 Å². The van der Waals surface area contributed by atoms with E-state index in [9.17, 15) is 0 Å². The summed E-state index contributed by atoms with van der Waals surface area (Å²) >= 11 is 0. The van der Waals surface area contributed by atoms with Gasteiger partial charge in [0.25, 0.3) is 0 Å². The van der Waals surface area contributed by atoms with E-state index in [4.69, 9.17) is 15.0 Å². The fourth-order valence-electron chi connectivity index (χ4n) is 10.7. The topological polar surface area (TPSA) is 53.5 Å². The quantitative estimate of drug-likeness (QED) is 0.160. The van der Waals surface area contributed by atoms with E-state index in [0.29, 0.717) is 17.6 Å². The third-order valence-corrected chi connectivity index (χ3v) is 13.7. The summed E-state index contributed by atoms with van der Waals surface area (Å²) in [5.41, 5.74) is 15.2. The van der Waals surface area contributed by atoms with Crippen molar-refractivity contribution in [3.05, 3.63) is 243 Å².